The van der Waals surface area contributed by atoms with Crippen LogP contribution in [0.4, 0.5) is 5.82 Å². The molecule has 2 aromatic heterocycles. The predicted octanol–water partition coefficient (Wildman–Crippen LogP) is 1.74. The van der Waals surface area contributed by atoms with Crippen LogP contribution in [0, 0.1) is 13.8 Å². The molecule has 0 fully saturated rings. The van der Waals surface area contributed by atoms with Gasteiger partial charge in [0.2, 0.25) is 5.89 Å². The van der Waals surface area contributed by atoms with Gasteiger partial charge in [0.15, 0.2) is 5.82 Å². The summed E-state index contributed by atoms with van der Waals surface area (Å²) in [5, 5.41) is 7.10. The quantitative estimate of drug-likeness (QED) is 0.823. The average molecular weight is 240 g/mol. The number of nitrogens with one attached hydrogen (secondary N) is 1. The molecule has 0 bridgehead atoms. The van der Waals surface area contributed by atoms with Crippen molar-refractivity contribution >= 4 is 17.4 Å². The highest BCUT2D eigenvalue weighted by atomic mass is 35.5. The molecule has 0 radical (unpaired) electrons. The molecule has 0 aliphatic rings. The molecular weight excluding hydrogens is 230 g/mol. The molecule has 7 heteroatoms. The summed E-state index contributed by atoms with van der Waals surface area (Å²) in [6, 6.07) is 1.64. The maximum absolute atomic E-state index is 5.79. The van der Waals surface area contributed by atoms with Crippen LogP contribution in [0.15, 0.2) is 10.6 Å². The second-order valence-corrected chi connectivity index (χ2v) is 3.60. The molecule has 0 aromatic carbocycles. The van der Waals surface area contributed by atoms with Gasteiger partial charge in [0.1, 0.15) is 16.8 Å². The minimum absolute atomic E-state index is 0.400. The summed E-state index contributed by atoms with van der Waals surface area (Å²) in [6.07, 6.45) is 0. The number of aromatic nitrogens is 4. The zero-order chi connectivity index (χ0) is 11.5. The molecule has 16 heavy (non-hydrogen) atoms. The smallest absolute Gasteiger partial charge is 0.245 e. The number of aryl methyl sites for hydroxylation is 2. The van der Waals surface area contributed by atoms with Gasteiger partial charge in [-0.1, -0.05) is 16.8 Å². The Bertz CT molecular complexity index is 478. The van der Waals surface area contributed by atoms with Crippen LogP contribution in [0.3, 0.4) is 0 Å². The Morgan fingerprint density at radius 3 is 2.69 bits per heavy atom. The van der Waals surface area contributed by atoms with Gasteiger partial charge in [0.25, 0.3) is 0 Å². The Labute approximate surface area is 97.1 Å². The lowest BCUT2D eigenvalue weighted by atomic mass is 10.5. The fourth-order valence-electron chi connectivity index (χ4n) is 1.20. The second-order valence-electron chi connectivity index (χ2n) is 3.21. The summed E-state index contributed by atoms with van der Waals surface area (Å²) in [4.78, 5) is 12.2. The van der Waals surface area contributed by atoms with Crippen LogP contribution in [-0.2, 0) is 6.54 Å². The fourth-order valence-corrected chi connectivity index (χ4v) is 1.43. The minimum Gasteiger partial charge on any atom is -0.361 e. The lowest BCUT2D eigenvalue weighted by Crippen LogP contribution is -2.03. The molecule has 0 saturated heterocycles. The molecule has 84 valence electrons. The Morgan fingerprint density at radius 2 is 2.06 bits per heavy atom. The van der Waals surface area contributed by atoms with Crippen molar-refractivity contribution in [2.75, 3.05) is 5.32 Å². The van der Waals surface area contributed by atoms with E-state index < -0.39 is 0 Å². The largest absolute Gasteiger partial charge is 0.361 e. The zero-order valence-electron chi connectivity index (χ0n) is 8.86. The van der Waals surface area contributed by atoms with E-state index in [1.807, 2.05) is 0 Å². The van der Waals surface area contributed by atoms with E-state index in [0.29, 0.717) is 35.1 Å². The van der Waals surface area contributed by atoms with Crippen molar-refractivity contribution in [2.24, 2.45) is 0 Å². The lowest BCUT2D eigenvalue weighted by molar-refractivity contribution is 0.379. The summed E-state index contributed by atoms with van der Waals surface area (Å²) in [5.41, 5.74) is 0. The Kier molecular flexibility index (Phi) is 3.00. The van der Waals surface area contributed by atoms with Crippen LogP contribution < -0.4 is 5.32 Å². The molecule has 0 aliphatic heterocycles. The second kappa shape index (κ2) is 4.44. The first-order valence-electron chi connectivity index (χ1n) is 4.68. The molecule has 0 unspecified atom stereocenters. The molecule has 0 atom stereocenters. The number of rotatable bonds is 3. The topological polar surface area (TPSA) is 76.7 Å². The summed E-state index contributed by atoms with van der Waals surface area (Å²) >= 11 is 5.79. The first-order chi connectivity index (χ1) is 7.63. The first-order valence-corrected chi connectivity index (χ1v) is 5.05. The Hall–Kier alpha value is -1.69. The van der Waals surface area contributed by atoms with E-state index >= 15 is 0 Å². The molecule has 1 N–H and O–H groups in total. The van der Waals surface area contributed by atoms with E-state index in [2.05, 4.69) is 25.4 Å². The summed E-state index contributed by atoms with van der Waals surface area (Å²) in [7, 11) is 0. The van der Waals surface area contributed by atoms with Gasteiger partial charge >= 0.3 is 0 Å². The molecule has 0 saturated carbocycles. The van der Waals surface area contributed by atoms with Crippen molar-refractivity contribution in [3.63, 3.8) is 0 Å². The number of hydrogen-bond donors (Lipinski definition) is 1. The standard InChI is InChI=1S/C9H10ClN5O/c1-5-12-7(10)3-8(13-5)11-4-9-14-6(2)15-16-9/h3H,4H2,1-2H3,(H,11,12,13). The van der Waals surface area contributed by atoms with E-state index in [1.54, 1.807) is 19.9 Å². The first kappa shape index (κ1) is 10.8. The fraction of sp³-hybridized carbons (Fsp3) is 0.333. The van der Waals surface area contributed by atoms with Gasteiger partial charge in [-0.2, -0.15) is 4.98 Å². The van der Waals surface area contributed by atoms with Crippen molar-refractivity contribution in [3.05, 3.63) is 28.8 Å². The Morgan fingerprint density at radius 1 is 1.25 bits per heavy atom. The van der Waals surface area contributed by atoms with Crippen molar-refractivity contribution in [1.82, 2.24) is 20.1 Å². The third-order valence-electron chi connectivity index (χ3n) is 1.80. The zero-order valence-corrected chi connectivity index (χ0v) is 9.62. The van der Waals surface area contributed by atoms with Crippen molar-refractivity contribution < 1.29 is 4.52 Å². The third-order valence-corrected chi connectivity index (χ3v) is 1.99. The highest BCUT2D eigenvalue weighted by molar-refractivity contribution is 6.29. The van der Waals surface area contributed by atoms with Gasteiger partial charge in [-0.15, -0.1) is 0 Å². The molecule has 6 nitrogen and oxygen atoms in total. The maximum Gasteiger partial charge on any atom is 0.245 e. The summed E-state index contributed by atoms with van der Waals surface area (Å²) in [6.45, 7) is 3.94. The Balaban J connectivity index is 2.04. The maximum atomic E-state index is 5.79. The van der Waals surface area contributed by atoms with E-state index in [9.17, 15) is 0 Å². The number of halogens is 1. The van der Waals surface area contributed by atoms with Gasteiger partial charge in [0.05, 0.1) is 6.54 Å². The number of anilines is 1. The highest BCUT2D eigenvalue weighted by Crippen LogP contribution is 2.11. The monoisotopic (exact) mass is 239 g/mol. The van der Waals surface area contributed by atoms with Crippen LogP contribution in [-0.4, -0.2) is 20.1 Å². The number of nitrogens with zero attached hydrogens (tertiary/aromatic N) is 4. The predicted molar refractivity (Wildman–Crippen MR) is 58.1 cm³/mol. The van der Waals surface area contributed by atoms with Gasteiger partial charge in [-0.05, 0) is 13.8 Å². The molecule has 0 amide bonds. The summed E-state index contributed by atoms with van der Waals surface area (Å²) in [5.74, 6) is 2.35. The molecule has 2 heterocycles. The molecule has 2 rings (SSSR count). The number of hydrogen-bond acceptors (Lipinski definition) is 6. The molecular formula is C9H10ClN5O. The van der Waals surface area contributed by atoms with Crippen LogP contribution in [0.25, 0.3) is 0 Å². The van der Waals surface area contributed by atoms with Gasteiger partial charge in [0, 0.05) is 6.07 Å². The molecule has 2 aromatic rings. The van der Waals surface area contributed by atoms with Crippen molar-refractivity contribution in [2.45, 2.75) is 20.4 Å². The molecule has 0 aliphatic carbocycles. The van der Waals surface area contributed by atoms with Crippen LogP contribution in [0.5, 0.6) is 0 Å². The van der Waals surface area contributed by atoms with E-state index in [0.717, 1.165) is 0 Å². The van der Waals surface area contributed by atoms with E-state index in [-0.39, 0.29) is 0 Å². The SMILES string of the molecule is Cc1nc(Cl)cc(NCc2nc(C)no2)n1. The van der Waals surface area contributed by atoms with Crippen LogP contribution >= 0.6 is 11.6 Å². The highest BCUT2D eigenvalue weighted by Gasteiger charge is 2.04. The van der Waals surface area contributed by atoms with Gasteiger partial charge < -0.3 is 9.84 Å². The normalized spacial score (nSPS) is 10.4. The average Bonchev–Trinajstić information content (AvgIpc) is 2.60. The molecule has 0 spiro atoms. The minimum atomic E-state index is 0.400. The summed E-state index contributed by atoms with van der Waals surface area (Å²) < 4.78 is 4.95. The van der Waals surface area contributed by atoms with E-state index in [4.69, 9.17) is 16.1 Å². The van der Waals surface area contributed by atoms with E-state index in [1.165, 1.54) is 0 Å². The van der Waals surface area contributed by atoms with Gasteiger partial charge in [-0.3, -0.25) is 0 Å². The van der Waals surface area contributed by atoms with Gasteiger partial charge in [-0.25, -0.2) is 9.97 Å². The third kappa shape index (κ3) is 2.66. The lowest BCUT2D eigenvalue weighted by Gasteiger charge is -2.03. The van der Waals surface area contributed by atoms with Crippen molar-refractivity contribution in [3.8, 4) is 0 Å². The van der Waals surface area contributed by atoms with Crippen molar-refractivity contribution in [1.29, 1.82) is 0 Å². The van der Waals surface area contributed by atoms with Crippen LogP contribution in [0.1, 0.15) is 17.5 Å². The van der Waals surface area contributed by atoms with Crippen LogP contribution in [0.2, 0.25) is 5.15 Å².